The third-order valence-electron chi connectivity index (χ3n) is 0.352. The molecular weight excluding hydrogens is 64.8 g/mol. The van der Waals surface area contributed by atoms with Crippen LogP contribution in [-0.2, 0) is 4.79 Å². The van der Waals surface area contributed by atoms with Crippen LogP contribution in [0.5, 0.6) is 0 Å². The van der Waals surface area contributed by atoms with Gasteiger partial charge in [0.05, 0.1) is 0 Å². The highest BCUT2D eigenvalue weighted by atomic mass is 16.1. The van der Waals surface area contributed by atoms with Gasteiger partial charge in [-0.1, -0.05) is 0 Å². The molecule has 0 saturated heterocycles. The van der Waals surface area contributed by atoms with Crippen molar-refractivity contribution in [3.8, 4) is 0 Å². The van der Waals surface area contributed by atoms with Gasteiger partial charge in [-0.3, -0.25) is 4.79 Å². The van der Waals surface area contributed by atoms with Gasteiger partial charge in [-0.05, 0) is 0 Å². The Morgan fingerprint density at radius 3 is 2.20 bits per heavy atom. The molecule has 0 heterocycles. The molecule has 0 aliphatic rings. The van der Waals surface area contributed by atoms with E-state index in [1.54, 1.807) is 7.98 Å². The summed E-state index contributed by atoms with van der Waals surface area (Å²) < 4.78 is 0. The average molecular weight is 70.9 g/mol. The molecule has 0 aromatic heterocycles. The van der Waals surface area contributed by atoms with Gasteiger partial charge in [-0.2, -0.15) is 0 Å². The molecule has 0 aromatic rings. The van der Waals surface area contributed by atoms with Gasteiger partial charge in [0.2, 0.25) is 13.9 Å². The van der Waals surface area contributed by atoms with E-state index in [0.29, 0.717) is 0 Å². The standard InChI is InChI=1S/C2H6BNO/c1-2(5)4-3/h3H2,1H3,(H,4,5). The smallest absolute Gasteiger partial charge is 0.217 e. The zero-order chi connectivity index (χ0) is 4.28. The van der Waals surface area contributed by atoms with E-state index in [1.807, 2.05) is 0 Å². The van der Waals surface area contributed by atoms with Crippen LogP contribution in [0, 0.1) is 0 Å². The fourth-order valence-corrected chi connectivity index (χ4v) is 0. The molecule has 0 unspecified atom stereocenters. The molecule has 0 atom stereocenters. The van der Waals surface area contributed by atoms with Gasteiger partial charge >= 0.3 is 0 Å². The van der Waals surface area contributed by atoms with E-state index in [0.717, 1.165) is 0 Å². The Hall–Kier alpha value is -0.465. The molecule has 0 aliphatic carbocycles. The minimum Gasteiger partial charge on any atom is -0.406 e. The number of hydrogen-bond donors (Lipinski definition) is 1. The van der Waals surface area contributed by atoms with Crippen molar-refractivity contribution < 1.29 is 4.79 Å². The molecule has 2 nitrogen and oxygen atoms in total. The minimum atomic E-state index is 0.00463. The molecule has 0 aromatic carbocycles. The molecule has 1 amide bonds. The van der Waals surface area contributed by atoms with Crippen LogP contribution in [0.25, 0.3) is 0 Å². The van der Waals surface area contributed by atoms with Gasteiger partial charge in [0.15, 0.2) is 0 Å². The summed E-state index contributed by atoms with van der Waals surface area (Å²) in [6, 6.07) is 0. The fourth-order valence-electron chi connectivity index (χ4n) is 0. The van der Waals surface area contributed by atoms with Crippen LogP contribution in [-0.4, -0.2) is 13.9 Å². The summed E-state index contributed by atoms with van der Waals surface area (Å²) in [7, 11) is 1.60. The Labute approximate surface area is 32.0 Å². The lowest BCUT2D eigenvalue weighted by Crippen LogP contribution is -2.14. The number of amides is 1. The highest BCUT2D eigenvalue weighted by Gasteiger charge is 1.72. The maximum atomic E-state index is 9.70. The maximum absolute atomic E-state index is 9.70. The number of carbonyl (C=O) groups is 1. The molecule has 3 heteroatoms. The lowest BCUT2D eigenvalue weighted by atomic mass is 10.4. The average Bonchev–Trinajstić information content (AvgIpc) is 1.38. The van der Waals surface area contributed by atoms with E-state index in [-0.39, 0.29) is 5.91 Å². The van der Waals surface area contributed by atoms with E-state index in [9.17, 15) is 4.79 Å². The molecule has 0 bridgehead atoms. The first kappa shape index (κ1) is 4.53. The van der Waals surface area contributed by atoms with E-state index in [1.165, 1.54) is 6.92 Å². The van der Waals surface area contributed by atoms with E-state index in [4.69, 9.17) is 0 Å². The first-order chi connectivity index (χ1) is 2.27. The third-order valence-corrected chi connectivity index (χ3v) is 0.352. The topological polar surface area (TPSA) is 29.1 Å². The first-order valence-electron chi connectivity index (χ1n) is 1.45. The van der Waals surface area contributed by atoms with E-state index in [2.05, 4.69) is 5.23 Å². The summed E-state index contributed by atoms with van der Waals surface area (Å²) in [4.78, 5) is 9.70. The third kappa shape index (κ3) is 3.53. The van der Waals surface area contributed by atoms with Crippen molar-refractivity contribution in [3.63, 3.8) is 0 Å². The Kier molecular flexibility index (Phi) is 1.65. The molecule has 0 saturated carbocycles. The van der Waals surface area contributed by atoms with Crippen LogP contribution >= 0.6 is 0 Å². The van der Waals surface area contributed by atoms with Gasteiger partial charge in [-0.25, -0.2) is 0 Å². The van der Waals surface area contributed by atoms with Crippen molar-refractivity contribution in [2.45, 2.75) is 6.92 Å². The summed E-state index contributed by atoms with van der Waals surface area (Å²) in [5, 5.41) is 2.39. The van der Waals surface area contributed by atoms with Crippen LogP contribution in [0.15, 0.2) is 0 Å². The van der Waals surface area contributed by atoms with Gasteiger partial charge in [0, 0.05) is 6.92 Å². The maximum Gasteiger partial charge on any atom is 0.217 e. The minimum absolute atomic E-state index is 0.00463. The molecule has 0 radical (unpaired) electrons. The molecule has 0 fully saturated rings. The SMILES string of the molecule is BNC(C)=O. The lowest BCUT2D eigenvalue weighted by molar-refractivity contribution is -0.117. The second-order valence-corrected chi connectivity index (χ2v) is 0.806. The second kappa shape index (κ2) is 1.82. The van der Waals surface area contributed by atoms with Crippen LogP contribution in [0.2, 0.25) is 0 Å². The molecule has 5 heavy (non-hydrogen) atoms. The molecular formula is C2H6BNO. The van der Waals surface area contributed by atoms with Crippen molar-refractivity contribution in [2.75, 3.05) is 0 Å². The zero-order valence-electron chi connectivity index (χ0n) is 3.41. The Morgan fingerprint density at radius 2 is 2.20 bits per heavy atom. The monoisotopic (exact) mass is 71.1 g/mol. The second-order valence-electron chi connectivity index (χ2n) is 0.806. The normalized spacial score (nSPS) is 6.60. The van der Waals surface area contributed by atoms with Crippen molar-refractivity contribution in [2.24, 2.45) is 0 Å². The predicted octanol–water partition coefficient (Wildman–Crippen LogP) is -1.33. The summed E-state index contributed by atoms with van der Waals surface area (Å²) >= 11 is 0. The number of nitrogens with one attached hydrogen (secondary N) is 1. The van der Waals surface area contributed by atoms with Crippen LogP contribution in [0.3, 0.4) is 0 Å². The van der Waals surface area contributed by atoms with Gasteiger partial charge in [0.1, 0.15) is 0 Å². The summed E-state index contributed by atoms with van der Waals surface area (Å²) in [5.74, 6) is 0.00463. The van der Waals surface area contributed by atoms with Gasteiger partial charge < -0.3 is 5.23 Å². The molecule has 0 spiro atoms. The lowest BCUT2D eigenvalue weighted by Gasteiger charge is -1.80. The predicted molar refractivity (Wildman–Crippen MR) is 22.4 cm³/mol. The quantitative estimate of drug-likeness (QED) is 0.352. The van der Waals surface area contributed by atoms with Crippen molar-refractivity contribution >= 4 is 13.9 Å². The number of hydrogen-bond acceptors (Lipinski definition) is 1. The van der Waals surface area contributed by atoms with Gasteiger partial charge in [-0.15, -0.1) is 0 Å². The Balaban J connectivity index is 2.85. The van der Waals surface area contributed by atoms with Gasteiger partial charge in [0.25, 0.3) is 0 Å². The summed E-state index contributed by atoms with van der Waals surface area (Å²) in [6.07, 6.45) is 0. The molecule has 0 rings (SSSR count). The van der Waals surface area contributed by atoms with E-state index >= 15 is 0 Å². The number of carbonyl (C=O) groups excluding carboxylic acids is 1. The zero-order valence-corrected chi connectivity index (χ0v) is 3.41. The van der Waals surface area contributed by atoms with Crippen molar-refractivity contribution in [1.82, 2.24) is 5.23 Å². The van der Waals surface area contributed by atoms with Crippen LogP contribution < -0.4 is 5.23 Å². The largest absolute Gasteiger partial charge is 0.406 e. The van der Waals surface area contributed by atoms with Crippen LogP contribution in [0.1, 0.15) is 6.92 Å². The van der Waals surface area contributed by atoms with Crippen molar-refractivity contribution in [3.05, 3.63) is 0 Å². The van der Waals surface area contributed by atoms with E-state index < -0.39 is 0 Å². The van der Waals surface area contributed by atoms with Crippen molar-refractivity contribution in [1.29, 1.82) is 0 Å². The summed E-state index contributed by atoms with van der Waals surface area (Å²) in [6.45, 7) is 1.47. The van der Waals surface area contributed by atoms with Crippen LogP contribution in [0.4, 0.5) is 0 Å². The highest BCUT2D eigenvalue weighted by molar-refractivity contribution is 6.13. The highest BCUT2D eigenvalue weighted by Crippen LogP contribution is 1.44. The fraction of sp³-hybridized carbons (Fsp3) is 0.500. The summed E-state index contributed by atoms with van der Waals surface area (Å²) in [5.41, 5.74) is 0. The molecule has 1 N–H and O–H groups in total. The number of rotatable bonds is 0. The molecule has 28 valence electrons. The Morgan fingerprint density at radius 1 is 2.00 bits per heavy atom. The molecule has 0 aliphatic heterocycles. The Bertz CT molecular complexity index is 44.9. The first-order valence-corrected chi connectivity index (χ1v) is 1.45.